The maximum atomic E-state index is 12.3. The molecule has 1 amide bonds. The molecule has 1 aromatic heterocycles. The highest BCUT2D eigenvalue weighted by atomic mass is 16.6. The van der Waals surface area contributed by atoms with Crippen molar-refractivity contribution < 1.29 is 19.7 Å². The smallest absolute Gasteiger partial charge is 0.390 e. The molecule has 1 unspecified atom stereocenters. The second kappa shape index (κ2) is 6.32. The molecule has 24 heavy (non-hydrogen) atoms. The molecule has 0 aliphatic heterocycles. The first kappa shape index (κ1) is 16.9. The fourth-order valence-corrected chi connectivity index (χ4v) is 2.04. The van der Waals surface area contributed by atoms with E-state index < -0.39 is 27.6 Å². The van der Waals surface area contributed by atoms with Crippen LogP contribution in [-0.4, -0.2) is 30.6 Å². The Morgan fingerprint density at radius 1 is 1.29 bits per heavy atom. The summed E-state index contributed by atoms with van der Waals surface area (Å²) in [6.07, 6.45) is 0. The Labute approximate surface area is 134 Å². The van der Waals surface area contributed by atoms with Crippen molar-refractivity contribution in [2.45, 2.75) is 19.9 Å². The van der Waals surface area contributed by atoms with Crippen molar-refractivity contribution in [3.63, 3.8) is 0 Å². The first-order chi connectivity index (χ1) is 11.2. The molecule has 11 heteroatoms. The Morgan fingerprint density at radius 3 is 2.50 bits per heavy atom. The molecule has 11 nitrogen and oxygen atoms in total. The number of nitrogens with zero attached hydrogens (tertiary/aromatic N) is 4. The third kappa shape index (κ3) is 3.29. The number of non-ortho nitro benzene ring substituents is 1. The largest absolute Gasteiger partial charge is 0.506 e. The first-order valence-corrected chi connectivity index (χ1v) is 6.69. The minimum absolute atomic E-state index is 0.139. The van der Waals surface area contributed by atoms with E-state index in [9.17, 15) is 30.1 Å². The van der Waals surface area contributed by atoms with Gasteiger partial charge in [-0.1, -0.05) is 0 Å². The number of benzene rings is 1. The van der Waals surface area contributed by atoms with Crippen molar-refractivity contribution in [2.75, 3.05) is 5.32 Å². The van der Waals surface area contributed by atoms with E-state index in [-0.39, 0.29) is 17.1 Å². The van der Waals surface area contributed by atoms with Crippen LogP contribution in [0.2, 0.25) is 0 Å². The zero-order valence-electron chi connectivity index (χ0n) is 12.7. The van der Waals surface area contributed by atoms with E-state index in [1.807, 2.05) is 0 Å². The molecule has 0 aliphatic carbocycles. The molecule has 2 N–H and O–H groups in total. The van der Waals surface area contributed by atoms with Gasteiger partial charge in [-0.3, -0.25) is 14.9 Å². The van der Waals surface area contributed by atoms with Crippen molar-refractivity contribution in [3.05, 3.63) is 50.2 Å². The average Bonchev–Trinajstić information content (AvgIpc) is 2.90. The summed E-state index contributed by atoms with van der Waals surface area (Å²) in [5.41, 5.74) is -0.0466. The van der Waals surface area contributed by atoms with Crippen molar-refractivity contribution in [1.82, 2.24) is 9.78 Å². The highest BCUT2D eigenvalue weighted by molar-refractivity contribution is 5.95. The van der Waals surface area contributed by atoms with Gasteiger partial charge in [0, 0.05) is 12.1 Å². The van der Waals surface area contributed by atoms with Crippen LogP contribution < -0.4 is 5.32 Å². The van der Waals surface area contributed by atoms with Crippen LogP contribution in [0.5, 0.6) is 5.75 Å². The first-order valence-electron chi connectivity index (χ1n) is 6.69. The van der Waals surface area contributed by atoms with E-state index in [0.29, 0.717) is 5.69 Å². The van der Waals surface area contributed by atoms with Gasteiger partial charge < -0.3 is 20.5 Å². The van der Waals surface area contributed by atoms with Crippen LogP contribution in [0.4, 0.5) is 17.2 Å². The van der Waals surface area contributed by atoms with Crippen molar-refractivity contribution in [3.8, 4) is 5.75 Å². The lowest BCUT2D eigenvalue weighted by Crippen LogP contribution is -2.25. The Bertz CT molecular complexity index is 830. The summed E-state index contributed by atoms with van der Waals surface area (Å²) in [7, 11) is 0. The quantitative estimate of drug-likeness (QED) is 0.480. The van der Waals surface area contributed by atoms with Gasteiger partial charge in [-0.25, -0.2) is 0 Å². The molecule has 2 aromatic rings. The van der Waals surface area contributed by atoms with Gasteiger partial charge in [0.25, 0.3) is 11.6 Å². The van der Waals surface area contributed by atoms with E-state index in [0.717, 1.165) is 22.9 Å². The van der Waals surface area contributed by atoms with Gasteiger partial charge >= 0.3 is 5.82 Å². The summed E-state index contributed by atoms with van der Waals surface area (Å²) in [6, 6.07) is 3.47. The van der Waals surface area contributed by atoms with Crippen molar-refractivity contribution in [2.24, 2.45) is 0 Å². The number of carbonyl (C=O) groups is 1. The summed E-state index contributed by atoms with van der Waals surface area (Å²) >= 11 is 0. The fraction of sp³-hybridized carbons (Fsp3) is 0.231. The van der Waals surface area contributed by atoms with Gasteiger partial charge in [0.05, 0.1) is 27.5 Å². The zero-order chi connectivity index (χ0) is 18.0. The highest BCUT2D eigenvalue weighted by Crippen LogP contribution is 2.28. The molecule has 0 saturated heterocycles. The predicted molar refractivity (Wildman–Crippen MR) is 81.7 cm³/mol. The summed E-state index contributed by atoms with van der Waals surface area (Å²) < 4.78 is 1.15. The Kier molecular flexibility index (Phi) is 4.44. The molecule has 126 valence electrons. The Morgan fingerprint density at radius 2 is 1.96 bits per heavy atom. The summed E-state index contributed by atoms with van der Waals surface area (Å²) in [4.78, 5) is 32.4. The zero-order valence-corrected chi connectivity index (χ0v) is 12.7. The molecule has 0 aliphatic rings. The molecule has 1 atom stereocenters. The number of hydrogen-bond donors (Lipinski definition) is 2. The second-order valence-corrected chi connectivity index (χ2v) is 4.97. The Balaban J connectivity index is 2.25. The maximum absolute atomic E-state index is 12.3. The number of nitrogens with one attached hydrogen (secondary N) is 1. The number of nitro groups is 2. The number of aromatic hydroxyl groups is 1. The summed E-state index contributed by atoms with van der Waals surface area (Å²) in [6.45, 7) is 3.00. The van der Waals surface area contributed by atoms with Gasteiger partial charge in [0.15, 0.2) is 0 Å². The van der Waals surface area contributed by atoms with Crippen LogP contribution in [-0.2, 0) is 4.79 Å². The molecule has 2 rings (SSSR count). The molecule has 0 fully saturated rings. The number of amides is 1. The SMILES string of the molecule is Cc1cc([N+](=O)[O-])nn1C(C)C(=O)Nc1cc([N+](=O)[O-])ccc1O. The lowest BCUT2D eigenvalue weighted by Gasteiger charge is -2.12. The lowest BCUT2D eigenvalue weighted by atomic mass is 10.2. The van der Waals surface area contributed by atoms with Crippen LogP contribution in [0, 0.1) is 27.2 Å². The van der Waals surface area contributed by atoms with E-state index in [1.165, 1.54) is 13.0 Å². The highest BCUT2D eigenvalue weighted by Gasteiger charge is 2.25. The van der Waals surface area contributed by atoms with Crippen LogP contribution in [0.15, 0.2) is 24.3 Å². The molecular formula is C13H13N5O6. The molecule has 0 spiro atoms. The average molecular weight is 335 g/mol. The van der Waals surface area contributed by atoms with Crippen LogP contribution >= 0.6 is 0 Å². The Hall–Kier alpha value is -3.50. The van der Waals surface area contributed by atoms with E-state index in [2.05, 4.69) is 10.4 Å². The number of anilines is 1. The van der Waals surface area contributed by atoms with Gasteiger partial charge in [-0.2, -0.15) is 4.68 Å². The molecule has 0 radical (unpaired) electrons. The maximum Gasteiger partial charge on any atom is 0.390 e. The molecular weight excluding hydrogens is 322 g/mol. The number of phenolic OH excluding ortho intramolecular Hbond substituents is 1. The third-order valence-electron chi connectivity index (χ3n) is 3.29. The van der Waals surface area contributed by atoms with Crippen LogP contribution in [0.25, 0.3) is 0 Å². The minimum Gasteiger partial charge on any atom is -0.506 e. The molecule has 0 saturated carbocycles. The van der Waals surface area contributed by atoms with E-state index >= 15 is 0 Å². The van der Waals surface area contributed by atoms with Crippen LogP contribution in [0.1, 0.15) is 18.7 Å². The third-order valence-corrected chi connectivity index (χ3v) is 3.29. The second-order valence-electron chi connectivity index (χ2n) is 4.97. The lowest BCUT2D eigenvalue weighted by molar-refractivity contribution is -0.389. The summed E-state index contributed by atoms with van der Waals surface area (Å²) in [5, 5.41) is 37.3. The minimum atomic E-state index is -0.933. The van der Waals surface area contributed by atoms with E-state index in [1.54, 1.807) is 6.92 Å². The monoisotopic (exact) mass is 335 g/mol. The number of aryl methyl sites for hydroxylation is 1. The van der Waals surface area contributed by atoms with Crippen molar-refractivity contribution >= 4 is 23.1 Å². The number of nitro benzene ring substituents is 1. The van der Waals surface area contributed by atoms with Gasteiger partial charge in [0.2, 0.25) is 0 Å². The normalized spacial score (nSPS) is 11.8. The number of rotatable bonds is 5. The fourth-order valence-electron chi connectivity index (χ4n) is 2.04. The van der Waals surface area contributed by atoms with Crippen LogP contribution in [0.3, 0.4) is 0 Å². The molecule has 1 heterocycles. The number of phenols is 1. The molecule has 0 bridgehead atoms. The van der Waals surface area contributed by atoms with Gasteiger partial charge in [0.1, 0.15) is 11.8 Å². The van der Waals surface area contributed by atoms with E-state index in [4.69, 9.17) is 0 Å². The predicted octanol–water partition coefficient (Wildman–Crippen LogP) is 1.91. The number of hydrogen-bond acceptors (Lipinski definition) is 7. The van der Waals surface area contributed by atoms with Gasteiger partial charge in [-0.15, -0.1) is 0 Å². The van der Waals surface area contributed by atoms with Gasteiger partial charge in [-0.05, 0) is 24.8 Å². The van der Waals surface area contributed by atoms with Crippen molar-refractivity contribution in [1.29, 1.82) is 0 Å². The topological polar surface area (TPSA) is 153 Å². The summed E-state index contributed by atoms with van der Waals surface area (Å²) in [5.74, 6) is -1.39. The number of aromatic nitrogens is 2. The molecule has 1 aromatic carbocycles. The number of carbonyl (C=O) groups excluding carboxylic acids is 1. The standard InChI is InChI=1S/C13H13N5O6/c1-7-5-12(18(23)24)15-16(7)8(2)13(20)14-10-6-9(17(21)22)3-4-11(10)19/h3-6,8,19H,1-2H3,(H,14,20).